The van der Waals surface area contributed by atoms with Crippen molar-refractivity contribution in [1.82, 2.24) is 9.80 Å². The number of carboxylic acid groups (broad SMARTS) is 1. The number of carbonyl (C=O) groups is 3. The summed E-state index contributed by atoms with van der Waals surface area (Å²) in [6.45, 7) is 7.53. The zero-order valence-electron chi connectivity index (χ0n) is 21.3. The molecular weight excluding hydrogens is 476 g/mol. The molecular formula is C29H37ClN2O4. The Morgan fingerprint density at radius 2 is 1.67 bits per heavy atom. The quantitative estimate of drug-likeness (QED) is 0.532. The number of Topliss-reactive ketones (excluding diaryl/α,β-unsaturated/α-hetero) is 1. The number of amides is 1. The minimum Gasteiger partial charge on any atom is -0.478 e. The number of rotatable bonds is 7. The van der Waals surface area contributed by atoms with Gasteiger partial charge in [-0.05, 0) is 79.3 Å². The summed E-state index contributed by atoms with van der Waals surface area (Å²) in [5, 5.41) is 9.59. The molecule has 2 heterocycles. The number of hydrogen-bond donors (Lipinski definition) is 1. The van der Waals surface area contributed by atoms with Gasteiger partial charge in [0.1, 0.15) is 0 Å². The Hall–Kier alpha value is -2.70. The van der Waals surface area contributed by atoms with Crippen molar-refractivity contribution in [1.29, 1.82) is 0 Å². The molecule has 4 rings (SSSR count). The number of aryl methyl sites for hydroxylation is 1. The molecule has 194 valence electrons. The Morgan fingerprint density at radius 1 is 0.972 bits per heavy atom. The number of likely N-dealkylation sites (tertiary alicyclic amines) is 1. The summed E-state index contributed by atoms with van der Waals surface area (Å²) in [4.78, 5) is 40.4. The Bertz CT molecular complexity index is 1110. The molecule has 0 aromatic heterocycles. The third kappa shape index (κ3) is 6.74. The molecule has 7 heteroatoms. The number of fused-ring (bicyclic) bond motifs is 1. The molecule has 0 spiro atoms. The van der Waals surface area contributed by atoms with Gasteiger partial charge < -0.3 is 10.0 Å². The molecule has 1 amide bonds. The van der Waals surface area contributed by atoms with Gasteiger partial charge in [0.15, 0.2) is 5.78 Å². The van der Waals surface area contributed by atoms with Crippen LogP contribution in [0.15, 0.2) is 36.4 Å². The van der Waals surface area contributed by atoms with Crippen LogP contribution in [-0.4, -0.2) is 58.7 Å². The van der Waals surface area contributed by atoms with Gasteiger partial charge >= 0.3 is 5.97 Å². The van der Waals surface area contributed by atoms with Crippen molar-refractivity contribution in [2.45, 2.75) is 58.9 Å². The minimum absolute atomic E-state index is 0. The first kappa shape index (κ1) is 27.9. The zero-order valence-corrected chi connectivity index (χ0v) is 22.1. The highest BCUT2D eigenvalue weighted by Crippen LogP contribution is 2.25. The van der Waals surface area contributed by atoms with E-state index in [1.165, 1.54) is 11.1 Å². The molecule has 6 nitrogen and oxygen atoms in total. The Balaban J connectivity index is 0.00000361. The van der Waals surface area contributed by atoms with Gasteiger partial charge in [0.2, 0.25) is 5.91 Å². The standard InChI is InChI=1S/C29H36N2O4.ClH/c1-20-4-3-5-26(29(34)35)27(20)19-30-14-12-23-7-8-25(18-24(23)13-15-30)28(33)9-6-22-10-16-31(17-11-22)21(2)32;/h3-5,7-8,18,22H,6,9-17,19H2,1-2H3,(H,34,35);1H. The number of carboxylic acids is 1. The summed E-state index contributed by atoms with van der Waals surface area (Å²) in [6, 6.07) is 11.6. The van der Waals surface area contributed by atoms with Crippen molar-refractivity contribution in [3.8, 4) is 0 Å². The van der Waals surface area contributed by atoms with E-state index >= 15 is 0 Å². The first-order valence-corrected chi connectivity index (χ1v) is 12.8. The summed E-state index contributed by atoms with van der Waals surface area (Å²) < 4.78 is 0. The molecule has 0 radical (unpaired) electrons. The SMILES string of the molecule is CC(=O)N1CCC(CCC(=O)c2ccc3c(c2)CCN(Cc2c(C)cccc2C(=O)O)CC3)CC1.Cl. The van der Waals surface area contributed by atoms with Gasteiger partial charge in [-0.1, -0.05) is 24.3 Å². The fourth-order valence-corrected chi connectivity index (χ4v) is 5.46. The lowest BCUT2D eigenvalue weighted by Crippen LogP contribution is -2.37. The van der Waals surface area contributed by atoms with Gasteiger partial charge in [-0.2, -0.15) is 0 Å². The van der Waals surface area contributed by atoms with E-state index in [-0.39, 0.29) is 24.1 Å². The summed E-state index contributed by atoms with van der Waals surface area (Å²) >= 11 is 0. The molecule has 0 atom stereocenters. The van der Waals surface area contributed by atoms with Crippen LogP contribution in [0, 0.1) is 12.8 Å². The van der Waals surface area contributed by atoms with Crippen LogP contribution < -0.4 is 0 Å². The first-order valence-electron chi connectivity index (χ1n) is 12.8. The van der Waals surface area contributed by atoms with Crippen LogP contribution in [-0.2, 0) is 24.2 Å². The third-order valence-electron chi connectivity index (χ3n) is 7.78. The molecule has 2 aliphatic heterocycles. The number of hydrogen-bond acceptors (Lipinski definition) is 4. The van der Waals surface area contributed by atoms with E-state index in [0.29, 0.717) is 24.4 Å². The fourth-order valence-electron chi connectivity index (χ4n) is 5.46. The van der Waals surface area contributed by atoms with E-state index in [0.717, 1.165) is 75.0 Å². The minimum atomic E-state index is -0.880. The maximum Gasteiger partial charge on any atom is 0.336 e. The van der Waals surface area contributed by atoms with E-state index in [4.69, 9.17) is 0 Å². The van der Waals surface area contributed by atoms with Crippen molar-refractivity contribution in [2.75, 3.05) is 26.2 Å². The van der Waals surface area contributed by atoms with Gasteiger partial charge in [-0.25, -0.2) is 4.79 Å². The van der Waals surface area contributed by atoms with E-state index in [9.17, 15) is 19.5 Å². The lowest BCUT2D eigenvalue weighted by Gasteiger charge is -2.31. The van der Waals surface area contributed by atoms with Gasteiger partial charge in [0.25, 0.3) is 0 Å². The largest absolute Gasteiger partial charge is 0.478 e. The molecule has 36 heavy (non-hydrogen) atoms. The van der Waals surface area contributed by atoms with Crippen LogP contribution in [0.1, 0.15) is 75.6 Å². The number of piperidine rings is 1. The van der Waals surface area contributed by atoms with Crippen molar-refractivity contribution in [3.05, 3.63) is 69.8 Å². The van der Waals surface area contributed by atoms with E-state index in [1.807, 2.05) is 24.0 Å². The number of halogens is 1. The van der Waals surface area contributed by atoms with Gasteiger partial charge in [-0.15, -0.1) is 12.4 Å². The number of benzene rings is 2. The predicted molar refractivity (Wildman–Crippen MR) is 143 cm³/mol. The van der Waals surface area contributed by atoms with E-state index < -0.39 is 5.97 Å². The molecule has 2 aromatic carbocycles. The molecule has 2 aliphatic rings. The van der Waals surface area contributed by atoms with Crippen LogP contribution in [0.25, 0.3) is 0 Å². The lowest BCUT2D eigenvalue weighted by molar-refractivity contribution is -0.130. The molecule has 0 bridgehead atoms. The monoisotopic (exact) mass is 512 g/mol. The highest BCUT2D eigenvalue weighted by molar-refractivity contribution is 5.96. The molecule has 1 saturated heterocycles. The van der Waals surface area contributed by atoms with Crippen molar-refractivity contribution < 1.29 is 19.5 Å². The maximum atomic E-state index is 12.9. The second kappa shape index (κ2) is 12.5. The van der Waals surface area contributed by atoms with Crippen molar-refractivity contribution in [3.63, 3.8) is 0 Å². The van der Waals surface area contributed by atoms with E-state index in [1.54, 1.807) is 19.1 Å². The third-order valence-corrected chi connectivity index (χ3v) is 7.78. The fraction of sp³-hybridized carbons (Fsp3) is 0.483. The lowest BCUT2D eigenvalue weighted by atomic mass is 9.89. The molecule has 1 fully saturated rings. The maximum absolute atomic E-state index is 12.9. The summed E-state index contributed by atoms with van der Waals surface area (Å²) in [6.07, 6.45) is 5.16. The predicted octanol–water partition coefficient (Wildman–Crippen LogP) is 4.94. The normalized spacial score (nSPS) is 16.6. The topological polar surface area (TPSA) is 77.9 Å². The first-order chi connectivity index (χ1) is 16.8. The van der Waals surface area contributed by atoms with Crippen molar-refractivity contribution >= 4 is 30.1 Å². The Kier molecular flexibility index (Phi) is 9.69. The second-order valence-electron chi connectivity index (χ2n) is 10.1. The highest BCUT2D eigenvalue weighted by atomic mass is 35.5. The molecule has 0 aliphatic carbocycles. The van der Waals surface area contributed by atoms with Crippen LogP contribution >= 0.6 is 12.4 Å². The molecule has 1 N–H and O–H groups in total. The van der Waals surface area contributed by atoms with E-state index in [2.05, 4.69) is 17.0 Å². The molecule has 2 aromatic rings. The Morgan fingerprint density at radius 3 is 2.33 bits per heavy atom. The van der Waals surface area contributed by atoms with Crippen LogP contribution in [0.3, 0.4) is 0 Å². The number of carbonyl (C=O) groups excluding carboxylic acids is 2. The van der Waals surface area contributed by atoms with Crippen LogP contribution in [0.5, 0.6) is 0 Å². The van der Waals surface area contributed by atoms with Gasteiger partial charge in [0.05, 0.1) is 5.56 Å². The number of aromatic carboxylic acids is 1. The van der Waals surface area contributed by atoms with Gasteiger partial charge in [-0.3, -0.25) is 14.5 Å². The Labute approximate surface area is 220 Å². The smallest absolute Gasteiger partial charge is 0.336 e. The summed E-state index contributed by atoms with van der Waals surface area (Å²) in [7, 11) is 0. The summed E-state index contributed by atoms with van der Waals surface area (Å²) in [5.41, 5.74) is 5.58. The average molecular weight is 513 g/mol. The summed E-state index contributed by atoms with van der Waals surface area (Å²) in [5.74, 6) is -0.0198. The molecule has 0 unspecified atom stereocenters. The molecule has 0 saturated carbocycles. The van der Waals surface area contributed by atoms with Crippen LogP contribution in [0.2, 0.25) is 0 Å². The highest BCUT2D eigenvalue weighted by Gasteiger charge is 2.23. The number of nitrogens with zero attached hydrogens (tertiary/aromatic N) is 2. The van der Waals surface area contributed by atoms with Crippen LogP contribution in [0.4, 0.5) is 0 Å². The second-order valence-corrected chi connectivity index (χ2v) is 10.1. The number of ketones is 1. The average Bonchev–Trinajstić information content (AvgIpc) is 3.05. The van der Waals surface area contributed by atoms with Gasteiger partial charge in [0, 0.05) is 51.6 Å². The zero-order chi connectivity index (χ0) is 24.9. The van der Waals surface area contributed by atoms with Crippen molar-refractivity contribution in [2.24, 2.45) is 5.92 Å².